The largest absolute Gasteiger partial charge is 0.338 e. The highest BCUT2D eigenvalue weighted by molar-refractivity contribution is 7.87. The first-order chi connectivity index (χ1) is 9.37. The molecule has 0 aliphatic carbocycles. The van der Waals surface area contributed by atoms with Gasteiger partial charge in [-0.05, 0) is 25.7 Å². The number of carbonyl (C=O) groups is 1. The minimum atomic E-state index is -3.68. The number of amides is 1. The Hall–Kier alpha value is -1.45. The van der Waals surface area contributed by atoms with Crippen LogP contribution in [0.4, 0.5) is 0 Å². The first kappa shape index (κ1) is 14.9. The monoisotopic (exact) mass is 301 g/mol. The number of piperidine rings is 1. The molecule has 9 heteroatoms. The third-order valence-electron chi connectivity index (χ3n) is 3.44. The summed E-state index contributed by atoms with van der Waals surface area (Å²) in [5, 5.41) is 11.5. The summed E-state index contributed by atoms with van der Waals surface area (Å²) in [6, 6.07) is 0. The Morgan fingerprint density at radius 3 is 3.00 bits per heavy atom. The Morgan fingerprint density at radius 2 is 2.40 bits per heavy atom. The Kier molecular flexibility index (Phi) is 4.41. The lowest BCUT2D eigenvalue weighted by molar-refractivity contribution is 0.0675. The summed E-state index contributed by atoms with van der Waals surface area (Å²) < 4.78 is 24.1. The third-order valence-corrected chi connectivity index (χ3v) is 4.01. The Bertz CT molecular complexity index is 583. The quantitative estimate of drug-likeness (QED) is 0.685. The van der Waals surface area contributed by atoms with Crippen LogP contribution in [0.15, 0.2) is 6.20 Å². The van der Waals surface area contributed by atoms with Crippen LogP contribution in [0.25, 0.3) is 0 Å². The summed E-state index contributed by atoms with van der Waals surface area (Å²) in [6.07, 6.45) is 3.24. The van der Waals surface area contributed by atoms with Crippen LogP contribution in [0, 0.1) is 12.8 Å². The number of hydrogen-bond donors (Lipinski definition) is 3. The summed E-state index contributed by atoms with van der Waals surface area (Å²) in [5.74, 6) is 0.00906. The van der Waals surface area contributed by atoms with Crippen molar-refractivity contribution < 1.29 is 13.2 Å². The molecule has 8 nitrogen and oxygen atoms in total. The molecular formula is C11H19N5O3S. The van der Waals surface area contributed by atoms with Gasteiger partial charge in [0.1, 0.15) is 0 Å². The zero-order valence-corrected chi connectivity index (χ0v) is 12.1. The minimum Gasteiger partial charge on any atom is -0.338 e. The van der Waals surface area contributed by atoms with E-state index < -0.39 is 10.2 Å². The van der Waals surface area contributed by atoms with Crippen molar-refractivity contribution in [1.82, 2.24) is 19.8 Å². The first-order valence-corrected chi connectivity index (χ1v) is 7.98. The van der Waals surface area contributed by atoms with E-state index in [0.717, 1.165) is 18.5 Å². The summed E-state index contributed by atoms with van der Waals surface area (Å²) in [4.78, 5) is 14.1. The van der Waals surface area contributed by atoms with Gasteiger partial charge in [0.15, 0.2) is 0 Å². The van der Waals surface area contributed by atoms with Crippen molar-refractivity contribution in [3.05, 3.63) is 17.5 Å². The molecule has 1 aliphatic heterocycles. The Labute approximate surface area is 117 Å². The van der Waals surface area contributed by atoms with Gasteiger partial charge >= 0.3 is 0 Å². The van der Waals surface area contributed by atoms with Gasteiger partial charge in [0.2, 0.25) is 0 Å². The number of rotatable bonds is 4. The second-order valence-electron chi connectivity index (χ2n) is 5.06. The van der Waals surface area contributed by atoms with E-state index in [4.69, 9.17) is 5.14 Å². The number of aryl methyl sites for hydroxylation is 1. The molecule has 1 unspecified atom stereocenters. The molecule has 1 aromatic heterocycles. The van der Waals surface area contributed by atoms with Crippen molar-refractivity contribution in [3.8, 4) is 0 Å². The van der Waals surface area contributed by atoms with Gasteiger partial charge in [-0.1, -0.05) is 0 Å². The van der Waals surface area contributed by atoms with Gasteiger partial charge in [-0.25, -0.2) is 9.86 Å². The SMILES string of the molecule is Cc1[nH]ncc1C(=O)N1CCCC(CNS(N)(=O)=O)C1. The van der Waals surface area contributed by atoms with Crippen LogP contribution >= 0.6 is 0 Å². The van der Waals surface area contributed by atoms with Gasteiger partial charge in [-0.15, -0.1) is 0 Å². The molecule has 2 heterocycles. The Morgan fingerprint density at radius 1 is 1.65 bits per heavy atom. The fourth-order valence-electron chi connectivity index (χ4n) is 2.39. The molecule has 1 atom stereocenters. The van der Waals surface area contributed by atoms with Crippen molar-refractivity contribution in [2.24, 2.45) is 11.1 Å². The normalized spacial score (nSPS) is 20.1. The first-order valence-electron chi connectivity index (χ1n) is 6.43. The van der Waals surface area contributed by atoms with Crippen molar-refractivity contribution in [1.29, 1.82) is 0 Å². The summed E-state index contributed by atoms with van der Waals surface area (Å²) in [7, 11) is -3.68. The lowest BCUT2D eigenvalue weighted by atomic mass is 9.98. The van der Waals surface area contributed by atoms with E-state index in [9.17, 15) is 13.2 Å². The fraction of sp³-hybridized carbons (Fsp3) is 0.636. The number of aromatic nitrogens is 2. The minimum absolute atomic E-state index is 0.0726. The molecule has 0 saturated carbocycles. The molecular weight excluding hydrogens is 282 g/mol. The van der Waals surface area contributed by atoms with Crippen LogP contribution in [-0.2, 0) is 10.2 Å². The molecule has 1 aromatic rings. The van der Waals surface area contributed by atoms with Crippen LogP contribution in [-0.4, -0.2) is 49.1 Å². The summed E-state index contributed by atoms with van der Waals surface area (Å²) in [6.45, 7) is 3.25. The molecule has 1 saturated heterocycles. The van der Waals surface area contributed by atoms with Gasteiger partial charge in [0.05, 0.1) is 11.8 Å². The van der Waals surface area contributed by atoms with Gasteiger partial charge in [0, 0.05) is 25.3 Å². The van der Waals surface area contributed by atoms with Crippen LogP contribution in [0.5, 0.6) is 0 Å². The number of nitrogens with zero attached hydrogens (tertiary/aromatic N) is 2. The van der Waals surface area contributed by atoms with Crippen molar-refractivity contribution in [3.63, 3.8) is 0 Å². The molecule has 0 bridgehead atoms. The fourth-order valence-corrected chi connectivity index (χ4v) is 2.85. The lowest BCUT2D eigenvalue weighted by Gasteiger charge is -2.32. The van der Waals surface area contributed by atoms with Gasteiger partial charge < -0.3 is 4.90 Å². The van der Waals surface area contributed by atoms with Crippen LogP contribution < -0.4 is 9.86 Å². The maximum atomic E-state index is 12.3. The Balaban J connectivity index is 1.97. The third kappa shape index (κ3) is 3.78. The van der Waals surface area contributed by atoms with E-state index in [1.54, 1.807) is 11.8 Å². The number of H-pyrrole nitrogens is 1. The highest BCUT2D eigenvalue weighted by Gasteiger charge is 2.26. The van der Waals surface area contributed by atoms with E-state index in [0.29, 0.717) is 18.7 Å². The number of likely N-dealkylation sites (tertiary alicyclic amines) is 1. The van der Waals surface area contributed by atoms with Crippen molar-refractivity contribution >= 4 is 16.1 Å². The maximum Gasteiger partial charge on any atom is 0.274 e. The standard InChI is InChI=1S/C11H19N5O3S/c1-8-10(6-13-15-8)11(17)16-4-2-3-9(7-16)5-14-20(12,18)19/h6,9,14H,2-5,7H2,1H3,(H,13,15)(H2,12,18,19). The zero-order valence-electron chi connectivity index (χ0n) is 11.3. The van der Waals surface area contributed by atoms with Gasteiger partial charge in [-0.2, -0.15) is 13.5 Å². The molecule has 1 fully saturated rings. The van der Waals surface area contributed by atoms with E-state index in [-0.39, 0.29) is 18.4 Å². The molecule has 1 amide bonds. The predicted octanol–water partition coefficient (Wildman–Crippen LogP) is -0.637. The second-order valence-corrected chi connectivity index (χ2v) is 6.44. The van der Waals surface area contributed by atoms with Crippen molar-refractivity contribution in [2.75, 3.05) is 19.6 Å². The highest BCUT2D eigenvalue weighted by Crippen LogP contribution is 2.18. The van der Waals surface area contributed by atoms with Crippen LogP contribution in [0.1, 0.15) is 28.9 Å². The number of hydrogen-bond acceptors (Lipinski definition) is 4. The lowest BCUT2D eigenvalue weighted by Crippen LogP contribution is -2.44. The molecule has 2 rings (SSSR count). The molecule has 0 radical (unpaired) electrons. The molecule has 4 N–H and O–H groups in total. The van der Waals surface area contributed by atoms with Crippen LogP contribution in [0.2, 0.25) is 0 Å². The van der Waals surface area contributed by atoms with Gasteiger partial charge in [0.25, 0.3) is 16.1 Å². The van der Waals surface area contributed by atoms with E-state index in [1.807, 2.05) is 0 Å². The number of carbonyl (C=O) groups excluding carboxylic acids is 1. The maximum absolute atomic E-state index is 12.3. The molecule has 1 aliphatic rings. The smallest absolute Gasteiger partial charge is 0.274 e. The average molecular weight is 301 g/mol. The highest BCUT2D eigenvalue weighted by atomic mass is 32.2. The molecule has 20 heavy (non-hydrogen) atoms. The topological polar surface area (TPSA) is 121 Å². The van der Waals surface area contributed by atoms with Crippen molar-refractivity contribution in [2.45, 2.75) is 19.8 Å². The number of aromatic amines is 1. The zero-order chi connectivity index (χ0) is 14.8. The van der Waals surface area contributed by atoms with E-state index in [1.165, 1.54) is 6.20 Å². The molecule has 0 aromatic carbocycles. The average Bonchev–Trinajstić information content (AvgIpc) is 2.81. The summed E-state index contributed by atoms with van der Waals surface area (Å²) >= 11 is 0. The number of nitrogens with one attached hydrogen (secondary N) is 2. The predicted molar refractivity (Wildman–Crippen MR) is 73.1 cm³/mol. The molecule has 0 spiro atoms. The molecule has 112 valence electrons. The van der Waals surface area contributed by atoms with Gasteiger partial charge in [-0.3, -0.25) is 9.89 Å². The summed E-state index contributed by atoms with van der Waals surface area (Å²) in [5.41, 5.74) is 1.30. The number of nitrogens with two attached hydrogens (primary N) is 1. The second kappa shape index (κ2) is 5.90. The van der Waals surface area contributed by atoms with E-state index >= 15 is 0 Å². The van der Waals surface area contributed by atoms with E-state index in [2.05, 4.69) is 14.9 Å². The van der Waals surface area contributed by atoms with Crippen LogP contribution in [0.3, 0.4) is 0 Å².